The Kier molecular flexibility index (Phi) is 4.57. The lowest BCUT2D eigenvalue weighted by Gasteiger charge is -2.10. The van der Waals surface area contributed by atoms with E-state index < -0.39 is 0 Å². The fourth-order valence-electron chi connectivity index (χ4n) is 1.61. The summed E-state index contributed by atoms with van der Waals surface area (Å²) < 4.78 is 0. The van der Waals surface area contributed by atoms with Crippen LogP contribution in [0, 0.1) is 0 Å². The zero-order valence-corrected chi connectivity index (χ0v) is 12.0. The average molecular weight is 289 g/mol. The molecule has 1 aromatic heterocycles. The largest absolute Gasteiger partial charge is 0.325 e. The maximum absolute atomic E-state index is 11.8. The van der Waals surface area contributed by atoms with E-state index in [1.54, 1.807) is 6.07 Å². The number of amides is 1. The van der Waals surface area contributed by atoms with Gasteiger partial charge in [0.2, 0.25) is 5.91 Å². The number of nitrogens with one attached hydrogen (secondary N) is 2. The Hall–Kier alpha value is -2.08. The Balaban J connectivity index is 2.22. The van der Waals surface area contributed by atoms with E-state index in [4.69, 9.17) is 0 Å². The summed E-state index contributed by atoms with van der Waals surface area (Å²) in [5.74, 6) is -0.0379. The van der Waals surface area contributed by atoms with Gasteiger partial charge < -0.3 is 5.32 Å². The lowest BCUT2D eigenvalue weighted by molar-refractivity contribution is -0.115. The number of aromatic amines is 1. The van der Waals surface area contributed by atoms with Crippen molar-refractivity contribution in [1.82, 2.24) is 10.2 Å². The molecule has 0 bridgehead atoms. The maximum atomic E-state index is 11.8. The number of thioether (sulfide) groups is 1. The predicted molar refractivity (Wildman–Crippen MR) is 81.9 cm³/mol. The Morgan fingerprint density at radius 1 is 1.35 bits per heavy atom. The summed E-state index contributed by atoms with van der Waals surface area (Å²) in [6.45, 7) is 1.85. The second kappa shape index (κ2) is 6.38. The van der Waals surface area contributed by atoms with Gasteiger partial charge in [0.15, 0.2) is 0 Å². The van der Waals surface area contributed by atoms with Gasteiger partial charge in [0.1, 0.15) is 0 Å². The maximum Gasteiger partial charge on any atom is 0.264 e. The molecule has 1 heterocycles. The number of hydrogen-bond donors (Lipinski definition) is 2. The molecular formula is C14H15N3O2S. The van der Waals surface area contributed by atoms with Crippen molar-refractivity contribution in [3.63, 3.8) is 0 Å². The third-order valence-electron chi connectivity index (χ3n) is 2.83. The first-order valence-electron chi connectivity index (χ1n) is 6.10. The highest BCUT2D eigenvalue weighted by Crippen LogP contribution is 2.20. The van der Waals surface area contributed by atoms with E-state index in [1.807, 2.05) is 37.4 Å². The summed E-state index contributed by atoms with van der Waals surface area (Å²) in [6, 6.07) is 10.4. The number of rotatable bonds is 4. The van der Waals surface area contributed by atoms with Gasteiger partial charge in [-0.3, -0.25) is 9.59 Å². The number of benzene rings is 1. The van der Waals surface area contributed by atoms with Crippen molar-refractivity contribution in [2.45, 2.75) is 12.2 Å². The van der Waals surface area contributed by atoms with Crippen LogP contribution < -0.4 is 10.9 Å². The summed E-state index contributed by atoms with van der Waals surface area (Å²) in [4.78, 5) is 22.8. The van der Waals surface area contributed by atoms with Crippen molar-refractivity contribution in [2.75, 3.05) is 11.6 Å². The van der Waals surface area contributed by atoms with Gasteiger partial charge >= 0.3 is 0 Å². The van der Waals surface area contributed by atoms with E-state index in [2.05, 4.69) is 15.5 Å². The third kappa shape index (κ3) is 3.48. The van der Waals surface area contributed by atoms with Crippen LogP contribution in [0.3, 0.4) is 0 Å². The number of H-pyrrole nitrogens is 1. The Morgan fingerprint density at radius 3 is 2.80 bits per heavy atom. The summed E-state index contributed by atoms with van der Waals surface area (Å²) in [7, 11) is 0. The molecule has 2 rings (SSSR count). The van der Waals surface area contributed by atoms with E-state index in [-0.39, 0.29) is 16.7 Å². The van der Waals surface area contributed by atoms with Gasteiger partial charge in [-0.15, -0.1) is 0 Å². The molecule has 20 heavy (non-hydrogen) atoms. The van der Waals surface area contributed by atoms with Gasteiger partial charge in [0, 0.05) is 17.3 Å². The number of carbonyl (C=O) groups is 1. The smallest absolute Gasteiger partial charge is 0.264 e. The minimum Gasteiger partial charge on any atom is -0.325 e. The number of nitrogens with zero attached hydrogens (tertiary/aromatic N) is 1. The van der Waals surface area contributed by atoms with Gasteiger partial charge in [-0.1, -0.05) is 12.1 Å². The van der Waals surface area contributed by atoms with Crippen LogP contribution in [0.5, 0.6) is 0 Å². The molecule has 5 nitrogen and oxygen atoms in total. The fourth-order valence-corrected chi connectivity index (χ4v) is 1.89. The van der Waals surface area contributed by atoms with Gasteiger partial charge in [0.25, 0.3) is 5.56 Å². The van der Waals surface area contributed by atoms with Crippen LogP contribution in [0.15, 0.2) is 41.2 Å². The van der Waals surface area contributed by atoms with E-state index in [1.165, 1.54) is 17.8 Å². The molecule has 0 spiro atoms. The van der Waals surface area contributed by atoms with Crippen molar-refractivity contribution in [3.05, 3.63) is 46.8 Å². The van der Waals surface area contributed by atoms with E-state index >= 15 is 0 Å². The average Bonchev–Trinajstić information content (AvgIpc) is 2.47. The van der Waals surface area contributed by atoms with E-state index in [0.29, 0.717) is 11.4 Å². The van der Waals surface area contributed by atoms with Crippen LogP contribution in [0.1, 0.15) is 6.92 Å². The molecule has 104 valence electrons. The molecule has 1 aromatic carbocycles. The summed E-state index contributed by atoms with van der Waals surface area (Å²) in [6.07, 6.45) is 1.89. The molecule has 2 N–H and O–H groups in total. The predicted octanol–water partition coefficient (Wildman–Crippen LogP) is 2.13. The Labute approximate surface area is 120 Å². The SMILES string of the molecule is CS[C@@H](C)C(=O)Nc1cccc(-c2ccc(=O)[nH]n2)c1. The van der Waals surface area contributed by atoms with Gasteiger partial charge in [-0.25, -0.2) is 5.10 Å². The molecule has 0 radical (unpaired) electrons. The van der Waals surface area contributed by atoms with Crippen LogP contribution in [0.4, 0.5) is 5.69 Å². The molecule has 0 aliphatic heterocycles. The third-order valence-corrected chi connectivity index (χ3v) is 3.75. The van der Waals surface area contributed by atoms with Gasteiger partial charge in [-0.2, -0.15) is 16.9 Å². The Bertz CT molecular complexity index is 649. The molecule has 6 heteroatoms. The molecule has 0 unspecified atom stereocenters. The zero-order chi connectivity index (χ0) is 14.5. The minimum atomic E-state index is -0.244. The molecule has 0 fully saturated rings. The normalized spacial score (nSPS) is 11.9. The van der Waals surface area contributed by atoms with Crippen molar-refractivity contribution < 1.29 is 4.79 Å². The zero-order valence-electron chi connectivity index (χ0n) is 11.2. The second-order valence-electron chi connectivity index (χ2n) is 4.25. The topological polar surface area (TPSA) is 74.8 Å². The van der Waals surface area contributed by atoms with Crippen molar-refractivity contribution in [3.8, 4) is 11.3 Å². The van der Waals surface area contributed by atoms with Crippen LogP contribution in [-0.2, 0) is 4.79 Å². The standard InChI is InChI=1S/C14H15N3O2S/c1-9(20-2)14(19)15-11-5-3-4-10(8-11)12-6-7-13(18)17-16-12/h3-9H,1-2H3,(H,15,19)(H,17,18)/t9-/m0/s1. The van der Waals surface area contributed by atoms with Crippen molar-refractivity contribution in [2.24, 2.45) is 0 Å². The minimum absolute atomic E-state index is 0.0379. The molecule has 0 saturated heterocycles. The van der Waals surface area contributed by atoms with Gasteiger partial charge in [0.05, 0.1) is 10.9 Å². The number of anilines is 1. The molecule has 1 amide bonds. The number of aromatic nitrogens is 2. The fraction of sp³-hybridized carbons (Fsp3) is 0.214. The van der Waals surface area contributed by atoms with Crippen LogP contribution >= 0.6 is 11.8 Å². The second-order valence-corrected chi connectivity index (χ2v) is 5.43. The van der Waals surface area contributed by atoms with Crippen LogP contribution in [0.25, 0.3) is 11.3 Å². The number of hydrogen-bond acceptors (Lipinski definition) is 4. The first kappa shape index (κ1) is 14.3. The van der Waals surface area contributed by atoms with Gasteiger partial charge in [-0.05, 0) is 31.4 Å². The molecule has 0 aliphatic carbocycles. The highest BCUT2D eigenvalue weighted by molar-refractivity contribution is 7.99. The highest BCUT2D eigenvalue weighted by atomic mass is 32.2. The lowest BCUT2D eigenvalue weighted by Crippen LogP contribution is -2.22. The molecule has 0 aliphatic rings. The monoisotopic (exact) mass is 289 g/mol. The lowest BCUT2D eigenvalue weighted by atomic mass is 10.1. The van der Waals surface area contributed by atoms with E-state index in [0.717, 1.165) is 5.56 Å². The van der Waals surface area contributed by atoms with E-state index in [9.17, 15) is 9.59 Å². The highest BCUT2D eigenvalue weighted by Gasteiger charge is 2.11. The van der Waals surface area contributed by atoms with Crippen LogP contribution in [0.2, 0.25) is 0 Å². The quantitative estimate of drug-likeness (QED) is 0.904. The Morgan fingerprint density at radius 2 is 2.15 bits per heavy atom. The summed E-state index contributed by atoms with van der Waals surface area (Å²) >= 11 is 1.49. The molecule has 0 saturated carbocycles. The molecule has 2 aromatic rings. The molecule has 1 atom stereocenters. The summed E-state index contributed by atoms with van der Waals surface area (Å²) in [5.41, 5.74) is 1.95. The summed E-state index contributed by atoms with van der Waals surface area (Å²) in [5, 5.41) is 9.10. The van der Waals surface area contributed by atoms with Crippen molar-refractivity contribution >= 4 is 23.4 Å². The van der Waals surface area contributed by atoms with Crippen molar-refractivity contribution in [1.29, 1.82) is 0 Å². The van der Waals surface area contributed by atoms with Crippen LogP contribution in [-0.4, -0.2) is 27.6 Å². The number of carbonyl (C=O) groups excluding carboxylic acids is 1. The first-order valence-corrected chi connectivity index (χ1v) is 7.39. The first-order chi connectivity index (χ1) is 9.60. The molecular weight excluding hydrogens is 274 g/mol.